The molecule has 6 heteroatoms. The molecule has 1 saturated carbocycles. The molecule has 0 spiro atoms. The average Bonchev–Trinajstić information content (AvgIpc) is 2.90. The van der Waals surface area contributed by atoms with Crippen LogP contribution in [0.5, 0.6) is 0 Å². The maximum absolute atomic E-state index is 11.4. The van der Waals surface area contributed by atoms with Crippen molar-refractivity contribution in [2.24, 2.45) is 11.8 Å². The van der Waals surface area contributed by atoms with E-state index in [-0.39, 0.29) is 11.8 Å². The topological polar surface area (TPSA) is 84.2 Å². The van der Waals surface area contributed by atoms with Crippen molar-refractivity contribution in [3.05, 3.63) is 18.7 Å². The summed E-state index contributed by atoms with van der Waals surface area (Å²) in [5, 5.41) is 11.4. The number of imidazole rings is 1. The number of hydrogen-bond acceptors (Lipinski definition) is 3. The highest BCUT2D eigenvalue weighted by atomic mass is 16.4. The fraction of sp³-hybridized carbons (Fsp3) is 0.500. The van der Waals surface area contributed by atoms with E-state index in [1.165, 1.54) is 0 Å². The van der Waals surface area contributed by atoms with Crippen molar-refractivity contribution in [1.82, 2.24) is 14.9 Å². The molecule has 86 valence electrons. The van der Waals surface area contributed by atoms with E-state index in [1.54, 1.807) is 12.5 Å². The zero-order chi connectivity index (χ0) is 11.5. The van der Waals surface area contributed by atoms with Crippen molar-refractivity contribution in [3.63, 3.8) is 0 Å². The van der Waals surface area contributed by atoms with Crippen LogP contribution in [0.25, 0.3) is 0 Å². The van der Waals surface area contributed by atoms with Crippen LogP contribution in [0, 0.1) is 11.8 Å². The summed E-state index contributed by atoms with van der Waals surface area (Å²) in [5.74, 6) is -1.85. The Kier molecular flexibility index (Phi) is 2.89. The molecule has 0 bridgehead atoms. The first-order valence-electron chi connectivity index (χ1n) is 5.14. The number of aliphatic carboxylic acids is 1. The highest BCUT2D eigenvalue weighted by molar-refractivity contribution is 5.89. The molecule has 1 aliphatic rings. The lowest BCUT2D eigenvalue weighted by atomic mass is 10.3. The number of nitrogens with one attached hydrogen (secondary N) is 1. The van der Waals surface area contributed by atoms with E-state index < -0.39 is 11.9 Å². The lowest BCUT2D eigenvalue weighted by molar-refractivity contribution is -0.140. The molecule has 6 nitrogen and oxygen atoms in total. The Bertz CT molecular complexity index is 388. The van der Waals surface area contributed by atoms with Crippen LogP contribution >= 0.6 is 0 Å². The molecule has 2 N–H and O–H groups in total. The van der Waals surface area contributed by atoms with Gasteiger partial charge in [0.2, 0.25) is 5.91 Å². The van der Waals surface area contributed by atoms with Crippen LogP contribution < -0.4 is 5.32 Å². The molecular formula is C10H13N3O3. The first-order valence-corrected chi connectivity index (χ1v) is 5.14. The van der Waals surface area contributed by atoms with Crippen LogP contribution in [0.2, 0.25) is 0 Å². The van der Waals surface area contributed by atoms with Gasteiger partial charge in [-0.1, -0.05) is 0 Å². The maximum Gasteiger partial charge on any atom is 0.307 e. The Morgan fingerprint density at radius 3 is 2.88 bits per heavy atom. The Morgan fingerprint density at radius 2 is 2.31 bits per heavy atom. The molecule has 2 rings (SSSR count). The van der Waals surface area contributed by atoms with Gasteiger partial charge in [0.25, 0.3) is 0 Å². The summed E-state index contributed by atoms with van der Waals surface area (Å²) >= 11 is 0. The number of rotatable bonds is 5. The second kappa shape index (κ2) is 4.34. The predicted molar refractivity (Wildman–Crippen MR) is 54.5 cm³/mol. The Labute approximate surface area is 92.3 Å². The quantitative estimate of drug-likeness (QED) is 0.719. The summed E-state index contributed by atoms with van der Waals surface area (Å²) in [6.07, 6.45) is 5.61. The molecule has 1 aliphatic carbocycles. The number of amides is 1. The van der Waals surface area contributed by atoms with E-state index in [0.29, 0.717) is 19.5 Å². The highest BCUT2D eigenvalue weighted by Crippen LogP contribution is 2.38. The standard InChI is InChI=1S/C10H13N3O3/c14-9(7-5-8(7)10(15)16)12-2-4-13-3-1-11-6-13/h1,3,6-8H,2,4-5H2,(H,12,14)(H,15,16)/t7-,8+/m1/s1. The first-order chi connectivity index (χ1) is 7.68. The highest BCUT2D eigenvalue weighted by Gasteiger charge is 2.48. The summed E-state index contributed by atoms with van der Waals surface area (Å²) in [6.45, 7) is 1.15. The normalized spacial score (nSPS) is 22.8. The third-order valence-electron chi connectivity index (χ3n) is 2.67. The molecule has 16 heavy (non-hydrogen) atoms. The summed E-state index contributed by atoms with van der Waals surface area (Å²) in [5.41, 5.74) is 0. The molecule has 2 atom stereocenters. The van der Waals surface area contributed by atoms with Gasteiger partial charge in [-0.3, -0.25) is 9.59 Å². The minimum atomic E-state index is -0.880. The molecular weight excluding hydrogens is 210 g/mol. The lowest BCUT2D eigenvalue weighted by Gasteiger charge is -2.04. The van der Waals surface area contributed by atoms with Gasteiger partial charge < -0.3 is 15.0 Å². The van der Waals surface area contributed by atoms with Crippen molar-refractivity contribution in [1.29, 1.82) is 0 Å². The largest absolute Gasteiger partial charge is 0.481 e. The Balaban J connectivity index is 1.68. The van der Waals surface area contributed by atoms with E-state index in [1.807, 2.05) is 10.8 Å². The number of carboxylic acids is 1. The van der Waals surface area contributed by atoms with Crippen LogP contribution in [0.1, 0.15) is 6.42 Å². The van der Waals surface area contributed by atoms with Crippen molar-refractivity contribution in [2.75, 3.05) is 6.54 Å². The van der Waals surface area contributed by atoms with Gasteiger partial charge >= 0.3 is 5.97 Å². The van der Waals surface area contributed by atoms with E-state index in [4.69, 9.17) is 5.11 Å². The summed E-state index contributed by atoms with van der Waals surface area (Å²) < 4.78 is 1.85. The maximum atomic E-state index is 11.4. The van der Waals surface area contributed by atoms with E-state index >= 15 is 0 Å². The zero-order valence-electron chi connectivity index (χ0n) is 8.67. The zero-order valence-corrected chi connectivity index (χ0v) is 8.67. The second-order valence-electron chi connectivity index (χ2n) is 3.88. The third kappa shape index (κ3) is 2.39. The number of nitrogens with zero attached hydrogens (tertiary/aromatic N) is 2. The van der Waals surface area contributed by atoms with E-state index in [2.05, 4.69) is 10.3 Å². The Hall–Kier alpha value is -1.85. The van der Waals surface area contributed by atoms with Crippen LogP contribution in [0.4, 0.5) is 0 Å². The second-order valence-corrected chi connectivity index (χ2v) is 3.88. The monoisotopic (exact) mass is 223 g/mol. The number of aromatic nitrogens is 2. The van der Waals surface area contributed by atoms with Crippen molar-refractivity contribution < 1.29 is 14.7 Å². The van der Waals surface area contributed by atoms with Crippen molar-refractivity contribution in [2.45, 2.75) is 13.0 Å². The molecule has 0 unspecified atom stereocenters. The van der Waals surface area contributed by atoms with Gasteiger partial charge in [-0.05, 0) is 6.42 Å². The van der Waals surface area contributed by atoms with Crippen LogP contribution in [-0.2, 0) is 16.1 Å². The van der Waals surface area contributed by atoms with Crippen LogP contribution in [0.3, 0.4) is 0 Å². The van der Waals surface area contributed by atoms with E-state index in [0.717, 1.165) is 0 Å². The summed E-state index contributed by atoms with van der Waals surface area (Å²) in [4.78, 5) is 25.9. The smallest absolute Gasteiger partial charge is 0.307 e. The fourth-order valence-corrected chi connectivity index (χ4v) is 1.62. The number of carbonyl (C=O) groups is 2. The summed E-state index contributed by atoms with van der Waals surface area (Å²) in [7, 11) is 0. The molecule has 1 fully saturated rings. The average molecular weight is 223 g/mol. The molecule has 0 aromatic carbocycles. The van der Waals surface area contributed by atoms with Crippen molar-refractivity contribution >= 4 is 11.9 Å². The molecule has 1 aromatic heterocycles. The van der Waals surface area contributed by atoms with Crippen LogP contribution in [-0.4, -0.2) is 33.1 Å². The van der Waals surface area contributed by atoms with Gasteiger partial charge in [-0.25, -0.2) is 4.98 Å². The first kappa shape index (κ1) is 10.7. The predicted octanol–water partition coefficient (Wildman–Crippen LogP) is -0.280. The number of carbonyl (C=O) groups excluding carboxylic acids is 1. The van der Waals surface area contributed by atoms with Gasteiger partial charge in [0.1, 0.15) is 0 Å². The minimum Gasteiger partial charge on any atom is -0.481 e. The summed E-state index contributed by atoms with van der Waals surface area (Å²) in [6, 6.07) is 0. The molecule has 1 heterocycles. The SMILES string of the molecule is O=C(O)[C@H]1C[C@H]1C(=O)NCCn1ccnc1. The van der Waals surface area contributed by atoms with E-state index in [9.17, 15) is 9.59 Å². The third-order valence-corrected chi connectivity index (χ3v) is 2.67. The van der Waals surface area contributed by atoms with Gasteiger partial charge in [-0.2, -0.15) is 0 Å². The van der Waals surface area contributed by atoms with Gasteiger partial charge in [0.15, 0.2) is 0 Å². The minimum absolute atomic E-state index is 0.160. The molecule has 1 aromatic rings. The number of hydrogen-bond donors (Lipinski definition) is 2. The van der Waals surface area contributed by atoms with Gasteiger partial charge in [-0.15, -0.1) is 0 Å². The Morgan fingerprint density at radius 1 is 1.50 bits per heavy atom. The molecule has 0 saturated heterocycles. The van der Waals surface area contributed by atoms with Crippen LogP contribution in [0.15, 0.2) is 18.7 Å². The molecule has 0 aliphatic heterocycles. The van der Waals surface area contributed by atoms with Gasteiger partial charge in [0, 0.05) is 25.5 Å². The fourth-order valence-electron chi connectivity index (χ4n) is 1.62. The van der Waals surface area contributed by atoms with Crippen molar-refractivity contribution in [3.8, 4) is 0 Å². The van der Waals surface area contributed by atoms with Gasteiger partial charge in [0.05, 0.1) is 18.2 Å². The number of carboxylic acid groups (broad SMARTS) is 1. The molecule has 1 amide bonds. The lowest BCUT2D eigenvalue weighted by Crippen LogP contribution is -2.29. The molecule has 0 radical (unpaired) electrons.